The number of anilines is 1. The first kappa shape index (κ1) is 19.1. The number of benzene rings is 1. The number of hydrogen-bond donors (Lipinski definition) is 2. The number of thiophene rings is 1. The van der Waals surface area contributed by atoms with Gasteiger partial charge in [0.05, 0.1) is 17.3 Å². The van der Waals surface area contributed by atoms with Crippen LogP contribution in [0.5, 0.6) is 0 Å². The van der Waals surface area contributed by atoms with Crippen LogP contribution in [-0.4, -0.2) is 47.2 Å². The summed E-state index contributed by atoms with van der Waals surface area (Å²) < 4.78 is 0. The van der Waals surface area contributed by atoms with E-state index in [1.165, 1.54) is 4.90 Å². The van der Waals surface area contributed by atoms with Gasteiger partial charge in [-0.05, 0) is 52.9 Å². The Kier molecular flexibility index (Phi) is 5.06. The Hall–Kier alpha value is -3.20. The van der Waals surface area contributed by atoms with E-state index in [1.807, 2.05) is 22.9 Å². The van der Waals surface area contributed by atoms with Crippen molar-refractivity contribution >= 4 is 40.7 Å². The van der Waals surface area contributed by atoms with E-state index >= 15 is 0 Å². The van der Waals surface area contributed by atoms with Crippen LogP contribution in [0.1, 0.15) is 29.6 Å². The Morgan fingerprint density at radius 2 is 2.03 bits per heavy atom. The summed E-state index contributed by atoms with van der Waals surface area (Å²) in [7, 11) is 0. The van der Waals surface area contributed by atoms with Crippen LogP contribution in [0, 0.1) is 0 Å². The van der Waals surface area contributed by atoms with Crippen molar-refractivity contribution in [2.24, 2.45) is 0 Å². The van der Waals surface area contributed by atoms with Gasteiger partial charge >= 0.3 is 0 Å². The third kappa shape index (κ3) is 3.73. The fourth-order valence-electron chi connectivity index (χ4n) is 3.79. The smallest absolute Gasteiger partial charge is 0.256 e. The van der Waals surface area contributed by atoms with Gasteiger partial charge in [0, 0.05) is 18.9 Å². The molecule has 4 rings (SSSR count). The van der Waals surface area contributed by atoms with E-state index in [9.17, 15) is 24.3 Å². The highest BCUT2D eigenvalue weighted by Crippen LogP contribution is 2.32. The molecule has 0 aliphatic carbocycles. The van der Waals surface area contributed by atoms with Gasteiger partial charge in [0.25, 0.3) is 5.91 Å². The molecule has 2 aliphatic heterocycles. The van der Waals surface area contributed by atoms with Crippen molar-refractivity contribution in [1.29, 1.82) is 0 Å². The van der Waals surface area contributed by atoms with Gasteiger partial charge in [0.15, 0.2) is 0 Å². The summed E-state index contributed by atoms with van der Waals surface area (Å²) in [4.78, 5) is 50.0. The average molecular weight is 412 g/mol. The molecule has 29 heavy (non-hydrogen) atoms. The number of carbonyl (C=O) groups excluding carboxylic acids is 4. The molecule has 2 aliphatic rings. The van der Waals surface area contributed by atoms with Gasteiger partial charge in [0.2, 0.25) is 11.8 Å². The van der Waals surface area contributed by atoms with E-state index in [0.29, 0.717) is 24.2 Å². The maximum atomic E-state index is 13.2. The third-order valence-corrected chi connectivity index (χ3v) is 5.88. The van der Waals surface area contributed by atoms with Gasteiger partial charge in [0.1, 0.15) is 6.04 Å². The van der Waals surface area contributed by atoms with Crippen LogP contribution in [0.2, 0.25) is 0 Å². The van der Waals surface area contributed by atoms with Crippen molar-refractivity contribution in [3.8, 4) is 11.1 Å². The van der Waals surface area contributed by atoms with Gasteiger partial charge in [-0.15, -0.1) is 0 Å². The fourth-order valence-corrected chi connectivity index (χ4v) is 4.45. The molecule has 1 fully saturated rings. The Balaban J connectivity index is 1.57. The van der Waals surface area contributed by atoms with Crippen LogP contribution in [-0.2, 0) is 14.4 Å². The second-order valence-electron chi connectivity index (χ2n) is 7.04. The molecule has 0 unspecified atom stereocenters. The molecule has 3 amide bonds. The minimum absolute atomic E-state index is 0.231. The molecule has 2 atom stereocenters. The van der Waals surface area contributed by atoms with Crippen molar-refractivity contribution in [2.45, 2.75) is 31.3 Å². The van der Waals surface area contributed by atoms with E-state index in [-0.39, 0.29) is 18.2 Å². The number of nitrogens with zero attached hydrogens (tertiary/aromatic N) is 1. The molecule has 0 radical (unpaired) electrons. The monoisotopic (exact) mass is 412 g/mol. The Labute approximate surface area is 170 Å². The third-order valence-electron chi connectivity index (χ3n) is 5.19. The van der Waals surface area contributed by atoms with Crippen molar-refractivity contribution in [3.05, 3.63) is 40.6 Å². The zero-order valence-corrected chi connectivity index (χ0v) is 16.2. The number of nitrogens with one attached hydrogen (secondary N) is 2. The molecule has 0 spiro atoms. The van der Waals surface area contributed by atoms with Crippen molar-refractivity contribution in [3.63, 3.8) is 0 Å². The average Bonchev–Trinajstić information content (AvgIpc) is 3.34. The van der Waals surface area contributed by atoms with E-state index < -0.39 is 30.4 Å². The van der Waals surface area contributed by atoms with Gasteiger partial charge in [-0.25, -0.2) is 0 Å². The number of fused-ring (bicyclic) bond motifs is 2. The predicted octanol–water partition coefficient (Wildman–Crippen LogP) is 0.597. The minimum atomic E-state index is -1.31. The zero-order valence-electron chi connectivity index (χ0n) is 15.3. The summed E-state index contributed by atoms with van der Waals surface area (Å²) in [5.74, 6) is -2.44. The number of hydrogen-bond acceptors (Lipinski definition) is 6. The summed E-state index contributed by atoms with van der Waals surface area (Å²) in [6, 6.07) is 5.89. The first-order valence-corrected chi connectivity index (χ1v) is 10.2. The molecule has 8 nitrogen and oxygen atoms in total. The van der Waals surface area contributed by atoms with E-state index in [4.69, 9.17) is 0 Å². The van der Waals surface area contributed by atoms with Crippen LogP contribution < -0.4 is 15.7 Å². The lowest BCUT2D eigenvalue weighted by Gasteiger charge is -2.25. The van der Waals surface area contributed by atoms with Crippen molar-refractivity contribution in [2.75, 3.05) is 11.9 Å². The van der Waals surface area contributed by atoms with E-state index in [2.05, 4.69) is 10.6 Å². The van der Waals surface area contributed by atoms with Crippen molar-refractivity contribution in [1.82, 2.24) is 10.2 Å². The first-order chi connectivity index (χ1) is 13.9. The number of amides is 3. The molecule has 0 bridgehead atoms. The predicted molar refractivity (Wildman–Crippen MR) is 104 cm³/mol. The summed E-state index contributed by atoms with van der Waals surface area (Å²) >= 11 is 1.56. The van der Waals surface area contributed by atoms with Crippen molar-refractivity contribution < 1.29 is 24.3 Å². The number of aliphatic carboxylic acids is 1. The molecular weight excluding hydrogens is 394 g/mol. The zero-order chi connectivity index (χ0) is 20.5. The normalized spacial score (nSPS) is 20.5. The molecule has 1 saturated heterocycles. The summed E-state index contributed by atoms with van der Waals surface area (Å²) in [6.07, 6.45) is -0.208. The van der Waals surface area contributed by atoms with E-state index in [0.717, 1.165) is 11.1 Å². The van der Waals surface area contributed by atoms with Gasteiger partial charge in [-0.1, -0.05) is 6.07 Å². The lowest BCUT2D eigenvalue weighted by atomic mass is 10.0. The quantitative estimate of drug-likeness (QED) is 0.745. The molecule has 0 saturated carbocycles. The van der Waals surface area contributed by atoms with Crippen LogP contribution >= 0.6 is 11.3 Å². The summed E-state index contributed by atoms with van der Waals surface area (Å²) in [5, 5.41) is 20.0. The molecule has 2 aromatic rings. The number of rotatable bonds is 5. The van der Waals surface area contributed by atoms with Crippen LogP contribution in [0.25, 0.3) is 11.1 Å². The highest BCUT2D eigenvalue weighted by atomic mass is 32.1. The number of carbonyl (C=O) groups is 4. The molecule has 3 heterocycles. The highest BCUT2D eigenvalue weighted by Gasteiger charge is 2.45. The minimum Gasteiger partial charge on any atom is -0.550 e. The summed E-state index contributed by atoms with van der Waals surface area (Å²) in [5.41, 5.74) is 2.73. The Bertz CT molecular complexity index is 988. The second kappa shape index (κ2) is 7.67. The highest BCUT2D eigenvalue weighted by molar-refractivity contribution is 7.08. The molecule has 1 aromatic carbocycles. The molecule has 2 N–H and O–H groups in total. The standard InChI is InChI=1S/C20H19N3O5S/c24-16(3-4-17(25)26)21-15-5-7-23-18(15)19(27)22-14-2-1-11(9-13(14)20(23)28)12-6-8-29-10-12/h1-2,6,8-10,15,18H,3-5,7H2,(H,21,24)(H,22,27)(H,25,26)/p-1/t15-,18-/m0/s1. The Morgan fingerprint density at radius 3 is 2.76 bits per heavy atom. The lowest BCUT2D eigenvalue weighted by Crippen LogP contribution is -2.51. The maximum Gasteiger partial charge on any atom is 0.256 e. The van der Waals surface area contributed by atoms with Gasteiger partial charge in [-0.3, -0.25) is 14.4 Å². The van der Waals surface area contributed by atoms with Crippen LogP contribution in [0.4, 0.5) is 5.69 Å². The number of carboxylic acids is 1. The topological polar surface area (TPSA) is 119 Å². The molecule has 9 heteroatoms. The Morgan fingerprint density at radius 1 is 1.21 bits per heavy atom. The fraction of sp³-hybridized carbons (Fsp3) is 0.300. The molecule has 1 aromatic heterocycles. The van der Waals surface area contributed by atoms with Gasteiger partial charge < -0.3 is 25.4 Å². The lowest BCUT2D eigenvalue weighted by molar-refractivity contribution is -0.305. The SMILES string of the molecule is O=C([O-])CCC(=O)N[C@H]1CCN2C(=O)c3cc(-c4ccsc4)ccc3NC(=O)[C@H]12. The van der Waals surface area contributed by atoms with E-state index in [1.54, 1.807) is 23.5 Å². The number of carboxylic acid groups (broad SMARTS) is 1. The maximum absolute atomic E-state index is 13.2. The second-order valence-corrected chi connectivity index (χ2v) is 7.82. The molecule has 150 valence electrons. The first-order valence-electron chi connectivity index (χ1n) is 9.21. The van der Waals surface area contributed by atoms with Crippen LogP contribution in [0.15, 0.2) is 35.0 Å². The molecular formula is C20H18N3O5S-. The summed E-state index contributed by atoms with van der Waals surface area (Å²) in [6.45, 7) is 0.324. The van der Waals surface area contributed by atoms with Crippen LogP contribution in [0.3, 0.4) is 0 Å². The largest absolute Gasteiger partial charge is 0.550 e. The van der Waals surface area contributed by atoms with Gasteiger partial charge in [-0.2, -0.15) is 11.3 Å².